The van der Waals surface area contributed by atoms with Crippen molar-refractivity contribution in [3.05, 3.63) is 29.8 Å². The first kappa shape index (κ1) is 22.1. The minimum absolute atomic E-state index is 0. The number of carbonyl (C=O) groups is 1. The highest BCUT2D eigenvalue weighted by atomic mass is 35.5. The van der Waals surface area contributed by atoms with Crippen LogP contribution in [-0.4, -0.2) is 63.3 Å². The number of hydrogen-bond acceptors (Lipinski definition) is 4. The van der Waals surface area contributed by atoms with E-state index in [0.29, 0.717) is 37.0 Å². The minimum Gasteiger partial charge on any atom is -0.339 e. The summed E-state index contributed by atoms with van der Waals surface area (Å²) in [5, 5.41) is 2.84. The SMILES string of the molecule is CNCC(=O)N1CCN(S(=O)(=O)c2ccc(C3CCCCC3)cc2)CC1.Cl. The van der Waals surface area contributed by atoms with Crippen molar-refractivity contribution in [2.45, 2.75) is 42.9 Å². The molecule has 3 rings (SSSR count). The number of benzene rings is 1. The molecule has 1 aromatic rings. The van der Waals surface area contributed by atoms with Crippen molar-refractivity contribution in [1.29, 1.82) is 0 Å². The van der Waals surface area contributed by atoms with Gasteiger partial charge in [-0.15, -0.1) is 12.4 Å². The molecule has 2 aliphatic rings. The summed E-state index contributed by atoms with van der Waals surface area (Å²) < 4.78 is 27.3. The Hall–Kier alpha value is -1.15. The molecule has 6 nitrogen and oxygen atoms in total. The summed E-state index contributed by atoms with van der Waals surface area (Å²) in [6.07, 6.45) is 6.25. The van der Waals surface area contributed by atoms with Crippen LogP contribution in [0.5, 0.6) is 0 Å². The third kappa shape index (κ3) is 5.22. The summed E-state index contributed by atoms with van der Waals surface area (Å²) in [6, 6.07) is 7.46. The Labute approximate surface area is 168 Å². The molecule has 1 heterocycles. The van der Waals surface area contributed by atoms with Gasteiger partial charge in [-0.05, 0) is 43.5 Å². The van der Waals surface area contributed by atoms with Gasteiger partial charge in [-0.25, -0.2) is 8.42 Å². The molecular weight excluding hydrogens is 386 g/mol. The highest BCUT2D eigenvalue weighted by molar-refractivity contribution is 7.89. The lowest BCUT2D eigenvalue weighted by Gasteiger charge is -2.34. The Morgan fingerprint density at radius 1 is 1.04 bits per heavy atom. The van der Waals surface area contributed by atoms with Crippen LogP contribution in [0.2, 0.25) is 0 Å². The van der Waals surface area contributed by atoms with Gasteiger partial charge in [0.1, 0.15) is 0 Å². The molecule has 0 radical (unpaired) electrons. The van der Waals surface area contributed by atoms with Crippen LogP contribution in [-0.2, 0) is 14.8 Å². The van der Waals surface area contributed by atoms with E-state index >= 15 is 0 Å². The number of hydrogen-bond donors (Lipinski definition) is 1. The van der Waals surface area contributed by atoms with Gasteiger partial charge in [0.2, 0.25) is 15.9 Å². The largest absolute Gasteiger partial charge is 0.339 e. The van der Waals surface area contributed by atoms with Crippen molar-refractivity contribution >= 4 is 28.3 Å². The van der Waals surface area contributed by atoms with E-state index in [-0.39, 0.29) is 24.9 Å². The molecule has 2 fully saturated rings. The Kier molecular flexibility index (Phi) is 8.09. The van der Waals surface area contributed by atoms with Gasteiger partial charge in [-0.3, -0.25) is 4.79 Å². The first-order valence-electron chi connectivity index (χ1n) is 9.55. The summed E-state index contributed by atoms with van der Waals surface area (Å²) in [5.41, 5.74) is 1.26. The van der Waals surface area contributed by atoms with Crippen molar-refractivity contribution < 1.29 is 13.2 Å². The predicted molar refractivity (Wildman–Crippen MR) is 109 cm³/mol. The van der Waals surface area contributed by atoms with Crippen LogP contribution >= 0.6 is 12.4 Å². The summed E-state index contributed by atoms with van der Waals surface area (Å²) in [6.45, 7) is 1.87. The summed E-state index contributed by atoms with van der Waals surface area (Å²) >= 11 is 0. The zero-order valence-electron chi connectivity index (χ0n) is 15.9. The molecule has 8 heteroatoms. The Morgan fingerprint density at radius 2 is 1.63 bits per heavy atom. The van der Waals surface area contributed by atoms with E-state index in [1.165, 1.54) is 42.0 Å². The molecule has 1 saturated carbocycles. The summed E-state index contributed by atoms with van der Waals surface area (Å²) in [5.74, 6) is 0.587. The summed E-state index contributed by atoms with van der Waals surface area (Å²) in [7, 11) is -1.76. The molecule has 0 spiro atoms. The maximum absolute atomic E-state index is 12.9. The molecule has 0 bridgehead atoms. The molecule has 0 unspecified atom stereocenters. The number of piperazine rings is 1. The molecule has 1 aromatic carbocycles. The second-order valence-electron chi connectivity index (χ2n) is 7.22. The number of nitrogens with zero attached hydrogens (tertiary/aromatic N) is 2. The van der Waals surface area contributed by atoms with Crippen LogP contribution in [0.3, 0.4) is 0 Å². The standard InChI is InChI=1S/C19H29N3O3S.ClH/c1-20-15-19(23)21-11-13-22(14-12-21)26(24,25)18-9-7-17(8-10-18)16-5-3-2-4-6-16;/h7-10,16,20H,2-6,11-15H2,1H3;1H. The van der Waals surface area contributed by atoms with E-state index in [0.717, 1.165) is 0 Å². The van der Waals surface area contributed by atoms with E-state index in [1.54, 1.807) is 24.1 Å². The Bertz CT molecular complexity index is 710. The number of nitrogens with one attached hydrogen (secondary N) is 1. The second-order valence-corrected chi connectivity index (χ2v) is 9.16. The zero-order valence-corrected chi connectivity index (χ0v) is 17.5. The monoisotopic (exact) mass is 415 g/mol. The molecule has 27 heavy (non-hydrogen) atoms. The molecule has 152 valence electrons. The van der Waals surface area contributed by atoms with Crippen molar-refractivity contribution in [2.75, 3.05) is 39.8 Å². The molecule has 0 aromatic heterocycles. The van der Waals surface area contributed by atoms with Gasteiger partial charge < -0.3 is 10.2 Å². The third-order valence-electron chi connectivity index (χ3n) is 5.51. The fraction of sp³-hybridized carbons (Fsp3) is 0.632. The maximum Gasteiger partial charge on any atom is 0.243 e. The molecule has 1 saturated heterocycles. The van der Waals surface area contributed by atoms with Crippen LogP contribution in [0.15, 0.2) is 29.2 Å². The van der Waals surface area contributed by atoms with Crippen LogP contribution < -0.4 is 5.32 Å². The first-order valence-corrected chi connectivity index (χ1v) is 11.0. The van der Waals surface area contributed by atoms with Crippen LogP contribution in [0, 0.1) is 0 Å². The Morgan fingerprint density at radius 3 is 2.19 bits per heavy atom. The number of carbonyl (C=O) groups excluding carboxylic acids is 1. The highest BCUT2D eigenvalue weighted by Gasteiger charge is 2.30. The van der Waals surface area contributed by atoms with Gasteiger partial charge in [-0.2, -0.15) is 4.31 Å². The number of rotatable bonds is 5. The quantitative estimate of drug-likeness (QED) is 0.800. The topological polar surface area (TPSA) is 69.7 Å². The lowest BCUT2D eigenvalue weighted by Crippen LogP contribution is -2.52. The number of amides is 1. The number of halogens is 1. The van der Waals surface area contributed by atoms with Crippen molar-refractivity contribution in [2.24, 2.45) is 0 Å². The van der Waals surface area contributed by atoms with E-state index in [1.807, 2.05) is 12.1 Å². The van der Waals surface area contributed by atoms with Gasteiger partial charge in [-0.1, -0.05) is 31.4 Å². The van der Waals surface area contributed by atoms with Gasteiger partial charge in [0, 0.05) is 26.2 Å². The average Bonchev–Trinajstić information content (AvgIpc) is 2.69. The highest BCUT2D eigenvalue weighted by Crippen LogP contribution is 2.33. The lowest BCUT2D eigenvalue weighted by molar-refractivity contribution is -0.131. The molecule has 1 aliphatic carbocycles. The fourth-order valence-electron chi connectivity index (χ4n) is 3.94. The van der Waals surface area contributed by atoms with Crippen LogP contribution in [0.4, 0.5) is 0 Å². The average molecular weight is 416 g/mol. The molecule has 0 atom stereocenters. The first-order chi connectivity index (χ1) is 12.5. The fourth-order valence-corrected chi connectivity index (χ4v) is 5.36. The van der Waals surface area contributed by atoms with Gasteiger partial charge in [0.15, 0.2) is 0 Å². The van der Waals surface area contributed by atoms with Crippen LogP contribution in [0.25, 0.3) is 0 Å². The van der Waals surface area contributed by atoms with Crippen molar-refractivity contribution in [3.63, 3.8) is 0 Å². The van der Waals surface area contributed by atoms with E-state index in [2.05, 4.69) is 5.32 Å². The predicted octanol–water partition coefficient (Wildman–Crippen LogP) is 2.21. The zero-order chi connectivity index (χ0) is 18.6. The smallest absolute Gasteiger partial charge is 0.243 e. The summed E-state index contributed by atoms with van der Waals surface area (Å²) in [4.78, 5) is 14.0. The molecule has 1 N–H and O–H groups in total. The third-order valence-corrected chi connectivity index (χ3v) is 7.43. The maximum atomic E-state index is 12.9. The van der Waals surface area contributed by atoms with E-state index < -0.39 is 10.0 Å². The van der Waals surface area contributed by atoms with Gasteiger partial charge >= 0.3 is 0 Å². The lowest BCUT2D eigenvalue weighted by atomic mass is 9.84. The van der Waals surface area contributed by atoms with Crippen molar-refractivity contribution in [1.82, 2.24) is 14.5 Å². The van der Waals surface area contributed by atoms with Crippen molar-refractivity contribution in [3.8, 4) is 0 Å². The van der Waals surface area contributed by atoms with Crippen LogP contribution in [0.1, 0.15) is 43.6 Å². The molecule has 1 amide bonds. The molecule has 1 aliphatic heterocycles. The normalized spacial score (nSPS) is 19.5. The van der Waals surface area contributed by atoms with Gasteiger partial charge in [0.25, 0.3) is 0 Å². The second kappa shape index (κ2) is 9.87. The van der Waals surface area contributed by atoms with Gasteiger partial charge in [0.05, 0.1) is 11.4 Å². The van der Waals surface area contributed by atoms with E-state index in [4.69, 9.17) is 0 Å². The Balaban J connectivity index is 0.00000261. The minimum atomic E-state index is -3.49. The number of likely N-dealkylation sites (N-methyl/N-ethyl adjacent to an activating group) is 1. The molecular formula is C19H30ClN3O3S. The van der Waals surface area contributed by atoms with E-state index in [9.17, 15) is 13.2 Å². The number of sulfonamides is 1.